The van der Waals surface area contributed by atoms with Gasteiger partial charge in [0, 0.05) is 65.1 Å². The summed E-state index contributed by atoms with van der Waals surface area (Å²) in [7, 11) is 0. The Hall–Kier alpha value is -3.24. The van der Waals surface area contributed by atoms with Crippen LogP contribution in [-0.2, 0) is 30.3 Å². The average molecular weight is 821 g/mol. The first kappa shape index (κ1) is 36.6. The number of pyridine rings is 1. The molecular weight excluding hydrogens is 775 g/mol. The molecule has 5 heteroatoms. The van der Waals surface area contributed by atoms with E-state index in [1.807, 2.05) is 45.7 Å². The van der Waals surface area contributed by atoms with Crippen LogP contribution in [0.5, 0.6) is 0 Å². The first-order chi connectivity index (χ1) is 22.1. The molecule has 5 aromatic rings. The van der Waals surface area contributed by atoms with Gasteiger partial charge >= 0.3 is 0 Å². The van der Waals surface area contributed by atoms with Crippen molar-refractivity contribution in [1.82, 2.24) is 4.98 Å². The van der Waals surface area contributed by atoms with Gasteiger partial charge in [-0.15, -0.1) is 29.1 Å². The number of hydrogen-bond acceptors (Lipinski definition) is 4. The van der Waals surface area contributed by atoms with Gasteiger partial charge in [-0.3, -0.25) is 9.78 Å². The van der Waals surface area contributed by atoms with Crippen molar-refractivity contribution in [2.45, 2.75) is 89.4 Å². The van der Waals surface area contributed by atoms with E-state index in [1.165, 1.54) is 48.7 Å². The van der Waals surface area contributed by atoms with Crippen molar-refractivity contribution in [2.24, 2.45) is 11.8 Å². The number of carbonyl (C=O) groups excluding carboxylic acids is 1. The molecule has 0 fully saturated rings. The van der Waals surface area contributed by atoms with Gasteiger partial charge in [0.05, 0.1) is 5.76 Å². The predicted molar refractivity (Wildman–Crippen MR) is 196 cm³/mol. The van der Waals surface area contributed by atoms with Crippen LogP contribution in [0.25, 0.3) is 43.9 Å². The van der Waals surface area contributed by atoms with Crippen LogP contribution in [0, 0.1) is 17.9 Å². The molecule has 1 N–H and O–H groups in total. The van der Waals surface area contributed by atoms with Gasteiger partial charge in [0.1, 0.15) is 0 Å². The molecule has 0 unspecified atom stereocenters. The summed E-state index contributed by atoms with van der Waals surface area (Å²) in [5.74, 6) is 0.547. The van der Waals surface area contributed by atoms with Gasteiger partial charge in [-0.05, 0) is 59.7 Å². The maximum Gasteiger partial charge on any atom is 0.162 e. The Kier molecular flexibility index (Phi) is 12.3. The number of aromatic nitrogens is 1. The number of ketones is 1. The van der Waals surface area contributed by atoms with Crippen LogP contribution < -0.4 is 0 Å². The molecule has 247 valence electrons. The summed E-state index contributed by atoms with van der Waals surface area (Å²) in [6, 6.07) is 29.9. The summed E-state index contributed by atoms with van der Waals surface area (Å²) < 4.78 is 0. The SMILES string of the molecule is CC(C)(C)c1cc(-c2nccc3c2Sc2cccc4cccc-3c24)[c-]c2ccccc12.CCC(CC)C(=O)/C=C(\O)C(CC)CC.[Ir]. The monoisotopic (exact) mass is 821 g/mol. The molecule has 0 aliphatic carbocycles. The van der Waals surface area contributed by atoms with E-state index in [4.69, 9.17) is 4.98 Å². The molecule has 1 aromatic heterocycles. The first-order valence-electron chi connectivity index (χ1n) is 16.7. The molecule has 4 aromatic carbocycles. The molecule has 1 radical (unpaired) electrons. The number of nitrogens with zero attached hydrogens (tertiary/aromatic N) is 1. The van der Waals surface area contributed by atoms with Gasteiger partial charge < -0.3 is 5.11 Å². The van der Waals surface area contributed by atoms with Gasteiger partial charge in [0.15, 0.2) is 5.78 Å². The zero-order valence-corrected chi connectivity index (χ0v) is 31.8. The van der Waals surface area contributed by atoms with Crippen LogP contribution in [0.2, 0.25) is 0 Å². The number of hydrogen-bond donors (Lipinski definition) is 1. The zero-order valence-electron chi connectivity index (χ0n) is 28.6. The minimum atomic E-state index is 0. The van der Waals surface area contributed by atoms with E-state index in [0.717, 1.165) is 42.3 Å². The van der Waals surface area contributed by atoms with Crippen LogP contribution in [0.1, 0.15) is 79.7 Å². The molecule has 0 amide bonds. The Bertz CT molecular complexity index is 1890. The Morgan fingerprint density at radius 1 is 0.872 bits per heavy atom. The Morgan fingerprint density at radius 3 is 2.19 bits per heavy atom. The van der Waals surface area contributed by atoms with E-state index in [2.05, 4.69) is 99.6 Å². The van der Waals surface area contributed by atoms with Crippen LogP contribution in [0.4, 0.5) is 0 Å². The minimum Gasteiger partial charge on any atom is -0.512 e. The molecule has 3 nitrogen and oxygen atoms in total. The summed E-state index contributed by atoms with van der Waals surface area (Å²) in [5.41, 5.74) is 6.01. The number of aliphatic hydroxyl groups is 1. The fraction of sp³-hybridized carbons (Fsp3) is 0.333. The normalized spacial score (nSPS) is 12.5. The molecule has 47 heavy (non-hydrogen) atoms. The third-order valence-corrected chi connectivity index (χ3v) is 10.4. The van der Waals surface area contributed by atoms with Gasteiger partial charge in [-0.1, -0.05) is 120 Å². The maximum atomic E-state index is 11.7. The molecule has 0 bridgehead atoms. The van der Waals surface area contributed by atoms with Crippen LogP contribution in [-0.4, -0.2) is 15.9 Å². The third kappa shape index (κ3) is 7.75. The van der Waals surface area contributed by atoms with Crippen molar-refractivity contribution in [3.8, 4) is 22.4 Å². The van der Waals surface area contributed by atoms with Crippen LogP contribution in [0.15, 0.2) is 101 Å². The van der Waals surface area contributed by atoms with Gasteiger partial charge in [0.2, 0.25) is 0 Å². The van der Waals surface area contributed by atoms with Crippen molar-refractivity contribution >= 4 is 39.1 Å². The fourth-order valence-corrected chi connectivity index (χ4v) is 7.68. The topological polar surface area (TPSA) is 50.2 Å². The molecule has 1 aliphatic heterocycles. The Morgan fingerprint density at radius 2 is 1.53 bits per heavy atom. The van der Waals surface area contributed by atoms with Crippen molar-refractivity contribution < 1.29 is 30.0 Å². The average Bonchev–Trinajstić information content (AvgIpc) is 3.05. The standard InChI is InChI=1S/C29H22NS.C13H24O2.Ir/c1-29(2,3)24-17-20(16-19-8-4-5-11-21(19)24)27-28-23(14-15-30-27)22-12-6-9-18-10-7-13-25(31-28)26(18)22;1-5-10(6-2)12(14)9-13(15)11(7-3)8-4;/h4-15,17H,1-3H3;9-11,14H,5-8H2,1-4H3;/q-1;;/b;12-9-;. The van der Waals surface area contributed by atoms with Gasteiger partial charge in [-0.25, -0.2) is 0 Å². The van der Waals surface area contributed by atoms with Crippen molar-refractivity contribution in [1.29, 1.82) is 0 Å². The summed E-state index contributed by atoms with van der Waals surface area (Å²) in [5, 5.41) is 14.8. The number of aliphatic hydroxyl groups excluding tert-OH is 1. The van der Waals surface area contributed by atoms with Gasteiger partial charge in [-0.2, -0.15) is 0 Å². The molecule has 2 heterocycles. The van der Waals surface area contributed by atoms with E-state index in [1.54, 1.807) is 0 Å². The van der Waals surface area contributed by atoms with Crippen molar-refractivity contribution in [3.05, 3.63) is 102 Å². The Labute approximate surface area is 298 Å². The van der Waals surface area contributed by atoms with Crippen molar-refractivity contribution in [3.63, 3.8) is 0 Å². The number of carbonyl (C=O) groups is 1. The van der Waals surface area contributed by atoms with E-state index >= 15 is 0 Å². The summed E-state index contributed by atoms with van der Waals surface area (Å²) in [4.78, 5) is 19.1. The second-order valence-electron chi connectivity index (χ2n) is 13.2. The molecular formula is C42H46IrNO2S-. The smallest absolute Gasteiger partial charge is 0.162 e. The summed E-state index contributed by atoms with van der Waals surface area (Å²) in [6.45, 7) is 14.9. The molecule has 0 saturated heterocycles. The van der Waals surface area contributed by atoms with E-state index in [0.29, 0.717) is 0 Å². The van der Waals surface area contributed by atoms with Crippen LogP contribution in [0.3, 0.4) is 0 Å². The molecule has 0 saturated carbocycles. The second-order valence-corrected chi connectivity index (χ2v) is 14.2. The largest absolute Gasteiger partial charge is 0.512 e. The number of allylic oxidation sites excluding steroid dienone is 2. The molecule has 0 atom stereocenters. The number of fused-ring (bicyclic) bond motifs is 3. The van der Waals surface area contributed by atoms with E-state index < -0.39 is 0 Å². The zero-order chi connectivity index (χ0) is 33.0. The Balaban J connectivity index is 0.000000269. The van der Waals surface area contributed by atoms with E-state index in [-0.39, 0.29) is 48.9 Å². The second kappa shape index (κ2) is 15.8. The quantitative estimate of drug-likeness (QED) is 0.0944. The molecule has 6 rings (SSSR count). The predicted octanol–water partition coefficient (Wildman–Crippen LogP) is 12.2. The fourth-order valence-electron chi connectivity index (χ4n) is 6.44. The third-order valence-electron chi connectivity index (χ3n) is 9.19. The maximum absolute atomic E-state index is 11.7. The minimum absolute atomic E-state index is 0. The van der Waals surface area contributed by atoms with Gasteiger partial charge in [0.25, 0.3) is 0 Å². The first-order valence-corrected chi connectivity index (χ1v) is 17.5. The molecule has 1 aliphatic rings. The summed E-state index contributed by atoms with van der Waals surface area (Å²) >= 11 is 1.83. The summed E-state index contributed by atoms with van der Waals surface area (Å²) in [6.07, 6.45) is 6.85. The van der Waals surface area contributed by atoms with E-state index in [9.17, 15) is 9.90 Å². The van der Waals surface area contributed by atoms with Crippen molar-refractivity contribution in [2.75, 3.05) is 0 Å². The molecule has 0 spiro atoms. The van der Waals surface area contributed by atoms with Crippen LogP contribution >= 0.6 is 11.8 Å². The number of rotatable bonds is 8. The number of benzene rings is 4.